The largest absolute Gasteiger partial charge is 0.465 e. The average molecular weight is 347 g/mol. The minimum Gasteiger partial charge on any atom is -0.465 e. The first-order chi connectivity index (χ1) is 12.0. The molecular weight excluding hydrogens is 335 g/mol. The maximum absolute atomic E-state index is 13.0. The van der Waals surface area contributed by atoms with Crippen LogP contribution in [0.4, 0.5) is 13.2 Å². The molecule has 0 saturated heterocycles. The van der Waals surface area contributed by atoms with E-state index in [1.165, 1.54) is 10.6 Å². The highest BCUT2D eigenvalue weighted by Gasteiger charge is 2.33. The molecular formula is C16H12F3N5O. The van der Waals surface area contributed by atoms with Gasteiger partial charge in [0.05, 0.1) is 24.0 Å². The fraction of sp³-hybridized carbons (Fsp3) is 0.188. The van der Waals surface area contributed by atoms with Crippen LogP contribution in [0.15, 0.2) is 36.5 Å². The number of nitrogens with one attached hydrogen (secondary N) is 1. The first-order valence-corrected chi connectivity index (χ1v) is 7.50. The lowest BCUT2D eigenvalue weighted by atomic mass is 10.2. The number of hydrogen-bond acceptors (Lipinski definition) is 4. The Labute approximate surface area is 139 Å². The van der Waals surface area contributed by atoms with Gasteiger partial charge in [-0.3, -0.25) is 5.10 Å². The molecule has 0 aliphatic rings. The number of fused-ring (bicyclic) bond motifs is 2. The summed E-state index contributed by atoms with van der Waals surface area (Å²) in [5.74, 6) is 0. The summed E-state index contributed by atoms with van der Waals surface area (Å²) in [5, 5.41) is 7.59. The predicted molar refractivity (Wildman–Crippen MR) is 84.7 cm³/mol. The fourth-order valence-corrected chi connectivity index (χ4v) is 2.62. The van der Waals surface area contributed by atoms with Gasteiger partial charge in [0.1, 0.15) is 11.2 Å². The van der Waals surface area contributed by atoms with Crippen LogP contribution in [-0.2, 0) is 6.18 Å². The van der Waals surface area contributed by atoms with Crippen molar-refractivity contribution < 1.29 is 17.9 Å². The van der Waals surface area contributed by atoms with Crippen molar-refractivity contribution in [3.8, 4) is 11.7 Å². The maximum atomic E-state index is 13.0. The summed E-state index contributed by atoms with van der Waals surface area (Å²) < 4.78 is 46.1. The van der Waals surface area contributed by atoms with Crippen molar-refractivity contribution in [3.05, 3.63) is 42.2 Å². The number of hydrogen-bond donors (Lipinski definition) is 1. The molecule has 3 heterocycles. The zero-order valence-electron chi connectivity index (χ0n) is 13.0. The minimum atomic E-state index is -4.54. The van der Waals surface area contributed by atoms with Crippen molar-refractivity contribution in [2.45, 2.75) is 13.1 Å². The Morgan fingerprint density at radius 2 is 2.00 bits per heavy atom. The summed E-state index contributed by atoms with van der Waals surface area (Å²) >= 11 is 0. The van der Waals surface area contributed by atoms with Gasteiger partial charge in [-0.05, 0) is 37.3 Å². The van der Waals surface area contributed by atoms with Crippen molar-refractivity contribution in [3.63, 3.8) is 0 Å². The standard InChI is InChI=1S/C16H12F3N5O/c1-2-25-15-21-12-5-6-13(16(17,18)19)22-14(12)24(15)10-3-4-11-9(7-10)8-20-23-11/h3-8H,2H2,1H3,(H,20,23). The van der Waals surface area contributed by atoms with Crippen molar-refractivity contribution in [2.75, 3.05) is 6.61 Å². The molecule has 9 heteroatoms. The molecule has 6 nitrogen and oxygen atoms in total. The number of aromatic amines is 1. The Bertz CT molecular complexity index is 1070. The Morgan fingerprint density at radius 1 is 1.16 bits per heavy atom. The molecule has 0 aliphatic carbocycles. The average Bonchev–Trinajstić information content (AvgIpc) is 3.16. The zero-order valence-corrected chi connectivity index (χ0v) is 13.0. The van der Waals surface area contributed by atoms with E-state index in [4.69, 9.17) is 4.74 Å². The third-order valence-electron chi connectivity index (χ3n) is 3.72. The Balaban J connectivity index is 1.99. The molecule has 0 fully saturated rings. The van der Waals surface area contributed by atoms with E-state index in [-0.39, 0.29) is 11.7 Å². The Hall–Kier alpha value is -3.10. The highest BCUT2D eigenvalue weighted by Crippen LogP contribution is 2.32. The number of halogens is 3. The van der Waals surface area contributed by atoms with E-state index in [1.54, 1.807) is 31.3 Å². The van der Waals surface area contributed by atoms with E-state index in [1.807, 2.05) is 0 Å². The van der Waals surface area contributed by atoms with Gasteiger partial charge in [-0.25, -0.2) is 9.55 Å². The van der Waals surface area contributed by atoms with E-state index < -0.39 is 11.9 Å². The van der Waals surface area contributed by atoms with Crippen LogP contribution in [0.2, 0.25) is 0 Å². The minimum absolute atomic E-state index is 0.0844. The molecule has 25 heavy (non-hydrogen) atoms. The van der Waals surface area contributed by atoms with Crippen molar-refractivity contribution in [2.24, 2.45) is 0 Å². The molecule has 3 aromatic heterocycles. The number of alkyl halides is 3. The monoisotopic (exact) mass is 347 g/mol. The highest BCUT2D eigenvalue weighted by molar-refractivity contribution is 5.82. The van der Waals surface area contributed by atoms with E-state index >= 15 is 0 Å². The van der Waals surface area contributed by atoms with Crippen LogP contribution < -0.4 is 4.74 Å². The van der Waals surface area contributed by atoms with Gasteiger partial charge in [0.2, 0.25) is 0 Å². The number of benzene rings is 1. The van der Waals surface area contributed by atoms with Gasteiger partial charge in [-0.2, -0.15) is 23.3 Å². The van der Waals surface area contributed by atoms with Crippen molar-refractivity contribution in [1.29, 1.82) is 0 Å². The molecule has 128 valence electrons. The summed E-state index contributed by atoms with van der Waals surface area (Å²) in [7, 11) is 0. The number of imidazole rings is 1. The number of H-pyrrole nitrogens is 1. The van der Waals surface area contributed by atoms with Crippen molar-refractivity contribution >= 4 is 22.1 Å². The van der Waals surface area contributed by atoms with Gasteiger partial charge in [0.15, 0.2) is 5.65 Å². The lowest BCUT2D eigenvalue weighted by Gasteiger charge is -2.10. The third-order valence-corrected chi connectivity index (χ3v) is 3.72. The first kappa shape index (κ1) is 15.4. The van der Waals surface area contributed by atoms with Gasteiger partial charge in [0.25, 0.3) is 0 Å². The van der Waals surface area contributed by atoms with Crippen LogP contribution in [-0.4, -0.2) is 31.3 Å². The lowest BCUT2D eigenvalue weighted by Crippen LogP contribution is -2.09. The quantitative estimate of drug-likeness (QED) is 0.613. The van der Waals surface area contributed by atoms with E-state index in [9.17, 15) is 13.2 Å². The summed E-state index contributed by atoms with van der Waals surface area (Å²) in [6, 6.07) is 7.70. The second-order valence-corrected chi connectivity index (χ2v) is 5.34. The zero-order chi connectivity index (χ0) is 17.6. The topological polar surface area (TPSA) is 68.6 Å². The van der Waals surface area contributed by atoms with Crippen LogP contribution in [0.25, 0.3) is 27.8 Å². The first-order valence-electron chi connectivity index (χ1n) is 7.50. The number of rotatable bonds is 3. The molecule has 0 aliphatic heterocycles. The Morgan fingerprint density at radius 3 is 2.76 bits per heavy atom. The molecule has 1 N–H and O–H groups in total. The molecule has 1 aromatic carbocycles. The number of ether oxygens (including phenoxy) is 1. The van der Waals surface area contributed by atoms with Gasteiger partial charge in [-0.15, -0.1) is 0 Å². The molecule has 0 saturated carbocycles. The molecule has 0 atom stereocenters. The second kappa shape index (κ2) is 5.47. The van der Waals surface area contributed by atoms with E-state index in [0.717, 1.165) is 17.0 Å². The van der Waals surface area contributed by atoms with Crippen molar-refractivity contribution in [1.82, 2.24) is 24.7 Å². The molecule has 0 radical (unpaired) electrons. The van der Waals surface area contributed by atoms with Crippen LogP contribution in [0.5, 0.6) is 6.01 Å². The molecule has 0 amide bonds. The van der Waals surface area contributed by atoms with Gasteiger partial charge < -0.3 is 4.74 Å². The summed E-state index contributed by atoms with van der Waals surface area (Å²) in [6.07, 6.45) is -2.91. The van der Waals surface area contributed by atoms with Gasteiger partial charge in [-0.1, -0.05) is 0 Å². The summed E-state index contributed by atoms with van der Waals surface area (Å²) in [5.41, 5.74) is 0.834. The summed E-state index contributed by atoms with van der Waals surface area (Å²) in [4.78, 5) is 8.02. The van der Waals surface area contributed by atoms with E-state index in [0.29, 0.717) is 17.8 Å². The molecule has 0 spiro atoms. The summed E-state index contributed by atoms with van der Waals surface area (Å²) in [6.45, 7) is 2.10. The normalized spacial score (nSPS) is 12.2. The van der Waals surface area contributed by atoms with Gasteiger partial charge >= 0.3 is 12.2 Å². The van der Waals surface area contributed by atoms with Gasteiger partial charge in [0, 0.05) is 5.39 Å². The fourth-order valence-electron chi connectivity index (χ4n) is 2.62. The number of nitrogens with zero attached hydrogens (tertiary/aromatic N) is 4. The van der Waals surface area contributed by atoms with Crippen LogP contribution >= 0.6 is 0 Å². The predicted octanol–water partition coefficient (Wildman–Crippen LogP) is 3.71. The molecule has 4 rings (SSSR count). The highest BCUT2D eigenvalue weighted by atomic mass is 19.4. The maximum Gasteiger partial charge on any atom is 0.433 e. The molecule has 0 unspecified atom stereocenters. The Kier molecular flexibility index (Phi) is 3.38. The second-order valence-electron chi connectivity index (χ2n) is 5.34. The smallest absolute Gasteiger partial charge is 0.433 e. The van der Waals surface area contributed by atoms with Crippen LogP contribution in [0.3, 0.4) is 0 Å². The van der Waals surface area contributed by atoms with E-state index in [2.05, 4.69) is 20.2 Å². The number of aromatic nitrogens is 5. The SMILES string of the molecule is CCOc1nc2ccc(C(F)(F)F)nc2n1-c1ccc2[nH]ncc2c1. The molecule has 0 bridgehead atoms. The van der Waals surface area contributed by atoms with Crippen LogP contribution in [0.1, 0.15) is 12.6 Å². The molecule has 4 aromatic rings. The van der Waals surface area contributed by atoms with Crippen LogP contribution in [0, 0.1) is 0 Å². The number of pyridine rings is 1. The lowest BCUT2D eigenvalue weighted by molar-refractivity contribution is -0.141. The third kappa shape index (κ3) is 2.57.